The average Bonchev–Trinajstić information content (AvgIpc) is 2.30. The lowest BCUT2D eigenvalue weighted by atomic mass is 9.86. The third-order valence-corrected chi connectivity index (χ3v) is 3.10. The van der Waals surface area contributed by atoms with Gasteiger partial charge in [-0.15, -0.1) is 0 Å². The molecule has 0 saturated carbocycles. The molecule has 0 spiro atoms. The van der Waals surface area contributed by atoms with E-state index < -0.39 is 5.67 Å². The highest BCUT2D eigenvalue weighted by molar-refractivity contribution is 5.27. The van der Waals surface area contributed by atoms with Gasteiger partial charge in [0.25, 0.3) is 0 Å². The molecule has 15 heavy (non-hydrogen) atoms. The fourth-order valence-corrected chi connectivity index (χ4v) is 2.05. The molecule has 2 nitrogen and oxygen atoms in total. The fourth-order valence-electron chi connectivity index (χ4n) is 2.05. The van der Waals surface area contributed by atoms with Crippen LogP contribution in [0.25, 0.3) is 0 Å². The first-order valence-electron chi connectivity index (χ1n) is 5.44. The Bertz CT molecular complexity index is 315. The molecule has 2 rings (SSSR count). The smallest absolute Gasteiger partial charge is 0.138 e. The summed E-state index contributed by atoms with van der Waals surface area (Å²) >= 11 is 0. The number of halogens is 1. The van der Waals surface area contributed by atoms with Gasteiger partial charge in [-0.25, -0.2) is 4.39 Å². The van der Waals surface area contributed by atoms with Crippen molar-refractivity contribution in [3.05, 3.63) is 35.4 Å². The van der Waals surface area contributed by atoms with E-state index in [9.17, 15) is 4.39 Å². The van der Waals surface area contributed by atoms with Gasteiger partial charge in [-0.2, -0.15) is 0 Å². The second kappa shape index (κ2) is 4.29. The van der Waals surface area contributed by atoms with Crippen molar-refractivity contribution in [1.29, 1.82) is 0 Å². The molecule has 0 unspecified atom stereocenters. The van der Waals surface area contributed by atoms with E-state index in [2.05, 4.69) is 5.32 Å². The van der Waals surface area contributed by atoms with E-state index in [1.165, 1.54) is 0 Å². The Morgan fingerprint density at radius 2 is 1.80 bits per heavy atom. The maximum Gasteiger partial charge on any atom is 0.138 e. The molecule has 1 aromatic rings. The first-order valence-corrected chi connectivity index (χ1v) is 5.44. The third kappa shape index (κ3) is 2.19. The van der Waals surface area contributed by atoms with E-state index in [1.54, 1.807) is 0 Å². The zero-order chi connectivity index (χ0) is 10.7. The van der Waals surface area contributed by atoms with Crippen molar-refractivity contribution < 1.29 is 4.39 Å². The van der Waals surface area contributed by atoms with Gasteiger partial charge < -0.3 is 11.1 Å². The largest absolute Gasteiger partial charge is 0.326 e. The number of piperidine rings is 1. The molecule has 0 atom stereocenters. The number of alkyl halides is 1. The monoisotopic (exact) mass is 208 g/mol. The lowest BCUT2D eigenvalue weighted by Crippen LogP contribution is -2.36. The second-order valence-corrected chi connectivity index (χ2v) is 4.12. The highest BCUT2D eigenvalue weighted by atomic mass is 19.1. The van der Waals surface area contributed by atoms with Crippen molar-refractivity contribution in [2.24, 2.45) is 5.73 Å². The standard InChI is InChI=1S/C12H17FN2/c13-12(5-7-15-8-6-12)11-3-1-10(9-14)2-4-11/h1-4,15H,5-9,14H2. The summed E-state index contributed by atoms with van der Waals surface area (Å²) < 4.78 is 14.5. The second-order valence-electron chi connectivity index (χ2n) is 4.12. The Labute approximate surface area is 89.7 Å². The molecule has 1 aromatic carbocycles. The average molecular weight is 208 g/mol. The van der Waals surface area contributed by atoms with Crippen LogP contribution < -0.4 is 11.1 Å². The van der Waals surface area contributed by atoms with Crippen molar-refractivity contribution in [3.63, 3.8) is 0 Å². The summed E-state index contributed by atoms with van der Waals surface area (Å²) in [4.78, 5) is 0. The van der Waals surface area contributed by atoms with E-state index >= 15 is 0 Å². The maximum atomic E-state index is 14.5. The van der Waals surface area contributed by atoms with Crippen LogP contribution in [0.1, 0.15) is 24.0 Å². The SMILES string of the molecule is NCc1ccc(C2(F)CCNCC2)cc1. The first-order chi connectivity index (χ1) is 7.24. The normalized spacial score (nSPS) is 20.1. The van der Waals surface area contributed by atoms with Crippen LogP contribution in [0.2, 0.25) is 0 Å². The lowest BCUT2D eigenvalue weighted by Gasteiger charge is -2.30. The minimum Gasteiger partial charge on any atom is -0.326 e. The summed E-state index contributed by atoms with van der Waals surface area (Å²) in [6.45, 7) is 2.03. The fraction of sp³-hybridized carbons (Fsp3) is 0.500. The van der Waals surface area contributed by atoms with Crippen molar-refractivity contribution in [2.45, 2.75) is 25.1 Å². The lowest BCUT2D eigenvalue weighted by molar-refractivity contribution is 0.115. The van der Waals surface area contributed by atoms with Crippen LogP contribution in [-0.2, 0) is 12.2 Å². The molecule has 1 fully saturated rings. The molecule has 3 N–H and O–H groups in total. The molecular formula is C12H17FN2. The third-order valence-electron chi connectivity index (χ3n) is 3.10. The molecule has 1 saturated heterocycles. The van der Waals surface area contributed by atoms with Crippen LogP contribution in [0.4, 0.5) is 4.39 Å². The highest BCUT2D eigenvalue weighted by Gasteiger charge is 2.33. The first kappa shape index (κ1) is 10.6. The summed E-state index contributed by atoms with van der Waals surface area (Å²) in [6.07, 6.45) is 1.13. The summed E-state index contributed by atoms with van der Waals surface area (Å²) in [5.74, 6) is 0. The van der Waals surface area contributed by atoms with Gasteiger partial charge in [-0.3, -0.25) is 0 Å². The van der Waals surface area contributed by atoms with E-state index in [1.807, 2.05) is 24.3 Å². The Hall–Kier alpha value is -0.930. The minimum absolute atomic E-state index is 0.515. The molecular weight excluding hydrogens is 191 g/mol. The van der Waals surface area contributed by atoms with Crippen molar-refractivity contribution in [1.82, 2.24) is 5.32 Å². The van der Waals surface area contributed by atoms with Gasteiger partial charge >= 0.3 is 0 Å². The molecule has 0 aliphatic carbocycles. The molecule has 1 heterocycles. The van der Waals surface area contributed by atoms with Gasteiger partial charge in [-0.1, -0.05) is 24.3 Å². The van der Waals surface area contributed by atoms with Gasteiger partial charge in [0, 0.05) is 6.54 Å². The predicted octanol–water partition coefficient (Wildman–Crippen LogP) is 1.69. The Morgan fingerprint density at radius 3 is 2.33 bits per heavy atom. The van der Waals surface area contributed by atoms with Gasteiger partial charge in [0.05, 0.1) is 0 Å². The Morgan fingerprint density at radius 1 is 1.20 bits per heavy atom. The van der Waals surface area contributed by atoms with Crippen molar-refractivity contribution in [2.75, 3.05) is 13.1 Å². The highest BCUT2D eigenvalue weighted by Crippen LogP contribution is 2.34. The van der Waals surface area contributed by atoms with Crippen LogP contribution in [0.5, 0.6) is 0 Å². The van der Waals surface area contributed by atoms with Crippen molar-refractivity contribution in [3.8, 4) is 0 Å². The molecule has 1 aliphatic rings. The predicted molar refractivity (Wildman–Crippen MR) is 59.2 cm³/mol. The van der Waals surface area contributed by atoms with Crippen LogP contribution in [0.15, 0.2) is 24.3 Å². The molecule has 0 aromatic heterocycles. The van der Waals surface area contributed by atoms with Gasteiger partial charge in [0.1, 0.15) is 5.67 Å². The summed E-state index contributed by atoms with van der Waals surface area (Å²) in [5.41, 5.74) is 6.21. The summed E-state index contributed by atoms with van der Waals surface area (Å²) in [7, 11) is 0. The zero-order valence-electron chi connectivity index (χ0n) is 8.80. The topological polar surface area (TPSA) is 38.0 Å². The Kier molecular flexibility index (Phi) is 3.03. The summed E-state index contributed by atoms with van der Waals surface area (Å²) in [6, 6.07) is 7.57. The number of hydrogen-bond acceptors (Lipinski definition) is 2. The van der Waals surface area contributed by atoms with E-state index in [-0.39, 0.29) is 0 Å². The molecule has 3 heteroatoms. The minimum atomic E-state index is -1.14. The molecule has 0 amide bonds. The van der Waals surface area contributed by atoms with Crippen LogP contribution in [-0.4, -0.2) is 13.1 Å². The summed E-state index contributed by atoms with van der Waals surface area (Å²) in [5, 5.41) is 3.17. The van der Waals surface area contributed by atoms with E-state index in [0.717, 1.165) is 24.2 Å². The number of rotatable bonds is 2. The van der Waals surface area contributed by atoms with Crippen molar-refractivity contribution >= 4 is 0 Å². The molecule has 82 valence electrons. The number of nitrogens with one attached hydrogen (secondary N) is 1. The molecule has 0 radical (unpaired) electrons. The van der Waals surface area contributed by atoms with Gasteiger partial charge in [-0.05, 0) is 37.1 Å². The zero-order valence-corrected chi connectivity index (χ0v) is 8.80. The molecule has 0 bridgehead atoms. The van der Waals surface area contributed by atoms with Crippen LogP contribution in [0.3, 0.4) is 0 Å². The van der Waals surface area contributed by atoms with Gasteiger partial charge in [0.15, 0.2) is 0 Å². The maximum absolute atomic E-state index is 14.5. The molecule has 1 aliphatic heterocycles. The van der Waals surface area contributed by atoms with Gasteiger partial charge in [0.2, 0.25) is 0 Å². The number of nitrogens with two attached hydrogens (primary N) is 1. The van der Waals surface area contributed by atoms with Crippen LogP contribution >= 0.6 is 0 Å². The van der Waals surface area contributed by atoms with E-state index in [0.29, 0.717) is 19.4 Å². The Balaban J connectivity index is 2.20. The number of benzene rings is 1. The van der Waals surface area contributed by atoms with E-state index in [4.69, 9.17) is 5.73 Å². The quantitative estimate of drug-likeness (QED) is 0.776. The van der Waals surface area contributed by atoms with Crippen LogP contribution in [0, 0.1) is 0 Å². The number of hydrogen-bond donors (Lipinski definition) is 2.